The summed E-state index contributed by atoms with van der Waals surface area (Å²) in [6.45, 7) is 5.57. The van der Waals surface area contributed by atoms with Crippen LogP contribution in [0.4, 0.5) is 0 Å². The lowest BCUT2D eigenvalue weighted by molar-refractivity contribution is -0.155. The summed E-state index contributed by atoms with van der Waals surface area (Å²) in [6, 6.07) is 9.82. The Morgan fingerprint density at radius 2 is 1.95 bits per heavy atom. The Morgan fingerprint density at radius 1 is 1.17 bits per heavy atom. The molecule has 220 valence electrons. The van der Waals surface area contributed by atoms with Gasteiger partial charge in [-0.15, -0.1) is 0 Å². The smallest absolute Gasteiger partial charge is 0.329 e. The van der Waals surface area contributed by atoms with Gasteiger partial charge in [-0.3, -0.25) is 10.2 Å². The number of nitrogens with zero attached hydrogens (tertiary/aromatic N) is 2. The highest BCUT2D eigenvalue weighted by atomic mass is 32.2. The number of nitrogen functional groups attached to an aromatic ring is 1. The molecule has 0 aromatic heterocycles. The molecule has 0 bridgehead atoms. The molecule has 11 heteroatoms. The summed E-state index contributed by atoms with van der Waals surface area (Å²) in [5.41, 5.74) is 9.86. The van der Waals surface area contributed by atoms with Gasteiger partial charge in [0.1, 0.15) is 17.9 Å². The van der Waals surface area contributed by atoms with Crippen LogP contribution in [0.3, 0.4) is 0 Å². The number of hydrogen-bond acceptors (Lipinski definition) is 7. The maximum absolute atomic E-state index is 14.1. The van der Waals surface area contributed by atoms with Gasteiger partial charge in [-0.05, 0) is 74.5 Å². The van der Waals surface area contributed by atoms with Crippen LogP contribution in [0, 0.1) is 5.41 Å². The minimum absolute atomic E-state index is 0.00323. The lowest BCUT2D eigenvalue weighted by Gasteiger charge is -2.36. The minimum Gasteiger partial charge on any atom is -0.464 e. The monoisotopic (exact) mass is 581 g/mol. The number of sulfonamides is 1. The zero-order chi connectivity index (χ0) is 29.7. The zero-order valence-electron chi connectivity index (χ0n) is 23.9. The predicted molar refractivity (Wildman–Crippen MR) is 157 cm³/mol. The summed E-state index contributed by atoms with van der Waals surface area (Å²) in [5.74, 6) is -1.17. The fourth-order valence-corrected chi connectivity index (χ4v) is 6.60. The first-order chi connectivity index (χ1) is 19.5. The van der Waals surface area contributed by atoms with E-state index in [-0.39, 0.29) is 30.3 Å². The topological polar surface area (TPSA) is 146 Å². The van der Waals surface area contributed by atoms with Crippen LogP contribution in [0.15, 0.2) is 59.0 Å². The molecule has 2 aromatic rings. The van der Waals surface area contributed by atoms with E-state index in [1.54, 1.807) is 43.3 Å². The van der Waals surface area contributed by atoms with E-state index in [0.29, 0.717) is 24.1 Å². The van der Waals surface area contributed by atoms with Gasteiger partial charge in [-0.1, -0.05) is 42.8 Å². The number of fused-ring (bicyclic) bond motifs is 1. The second-order valence-corrected chi connectivity index (χ2v) is 12.3. The molecular formula is C30H39N5O5S. The number of benzene rings is 2. The molecule has 4 rings (SSSR count). The number of ether oxygens (including phenoxy) is 1. The molecule has 2 heterocycles. The number of esters is 1. The van der Waals surface area contributed by atoms with Gasteiger partial charge in [0.15, 0.2) is 0 Å². The number of amidine groups is 1. The third kappa shape index (κ3) is 7.22. The summed E-state index contributed by atoms with van der Waals surface area (Å²) in [6.07, 6.45) is 3.82. The number of hydrogen-bond donors (Lipinski definition) is 3. The van der Waals surface area contributed by atoms with Crippen LogP contribution in [0.2, 0.25) is 0 Å². The molecule has 0 spiro atoms. The van der Waals surface area contributed by atoms with Gasteiger partial charge >= 0.3 is 5.97 Å². The molecule has 41 heavy (non-hydrogen) atoms. The Kier molecular flexibility index (Phi) is 9.62. The van der Waals surface area contributed by atoms with Crippen LogP contribution >= 0.6 is 0 Å². The molecule has 0 unspecified atom stereocenters. The van der Waals surface area contributed by atoms with E-state index in [9.17, 15) is 18.0 Å². The molecule has 2 aliphatic heterocycles. The van der Waals surface area contributed by atoms with Crippen molar-refractivity contribution in [1.29, 1.82) is 5.41 Å². The summed E-state index contributed by atoms with van der Waals surface area (Å²) in [4.78, 5) is 30.6. The maximum atomic E-state index is 14.1. The molecule has 0 radical (unpaired) electrons. The van der Waals surface area contributed by atoms with Crippen molar-refractivity contribution in [3.8, 4) is 0 Å². The fourth-order valence-electron chi connectivity index (χ4n) is 5.36. The van der Waals surface area contributed by atoms with Crippen molar-refractivity contribution in [2.75, 3.05) is 26.7 Å². The average Bonchev–Trinajstić information content (AvgIpc) is 2.95. The molecule has 0 fully saturated rings. The van der Waals surface area contributed by atoms with Crippen molar-refractivity contribution in [3.63, 3.8) is 0 Å². The molecule has 2 aromatic carbocycles. The van der Waals surface area contributed by atoms with E-state index >= 15 is 0 Å². The molecule has 0 saturated heterocycles. The van der Waals surface area contributed by atoms with Gasteiger partial charge in [0.25, 0.3) is 0 Å². The van der Waals surface area contributed by atoms with Gasteiger partial charge in [0.2, 0.25) is 15.9 Å². The molecule has 10 nitrogen and oxygen atoms in total. The van der Waals surface area contributed by atoms with E-state index in [0.717, 1.165) is 36.1 Å². The molecule has 4 N–H and O–H groups in total. The number of amides is 1. The standard InChI is InChI=1S/C30H39N5O5S/c1-4-20-11-14-35(27(17-20)30(37)40-5-2)29(36)26(16-21-7-6-8-23(15-21)28(31)32)33-41(38,39)25-10-9-22-12-13-34(3)19-24(22)18-25/h6-11,15,18,26-27,33H,4-5,12-14,16-17,19H2,1-3H3,(H3,31,32)/t26-,27+/m0/s1. The van der Waals surface area contributed by atoms with Gasteiger partial charge in [-0.25, -0.2) is 13.2 Å². The van der Waals surface area contributed by atoms with Crippen LogP contribution in [0.1, 0.15) is 48.9 Å². The molecule has 1 amide bonds. The quantitative estimate of drug-likeness (QED) is 0.169. The number of likely N-dealkylation sites (N-methyl/N-ethyl adjacent to an activating group) is 1. The normalized spacial score (nSPS) is 18.3. The summed E-state index contributed by atoms with van der Waals surface area (Å²) in [7, 11) is -2.13. The van der Waals surface area contributed by atoms with Crippen molar-refractivity contribution < 1.29 is 22.7 Å². The lowest BCUT2D eigenvalue weighted by Crippen LogP contribution is -2.56. The van der Waals surface area contributed by atoms with Crippen molar-refractivity contribution >= 4 is 27.7 Å². The summed E-state index contributed by atoms with van der Waals surface area (Å²) < 4.78 is 35.4. The third-order valence-electron chi connectivity index (χ3n) is 7.67. The van der Waals surface area contributed by atoms with Crippen LogP contribution in [0.25, 0.3) is 0 Å². The summed E-state index contributed by atoms with van der Waals surface area (Å²) in [5, 5.41) is 7.79. The van der Waals surface area contributed by atoms with Gasteiger partial charge < -0.3 is 20.3 Å². The first-order valence-electron chi connectivity index (χ1n) is 13.9. The van der Waals surface area contributed by atoms with Crippen LogP contribution in [0.5, 0.6) is 0 Å². The first kappa shape index (κ1) is 30.4. The predicted octanol–water partition coefficient (Wildman–Crippen LogP) is 2.35. The van der Waals surface area contributed by atoms with Crippen LogP contribution < -0.4 is 10.5 Å². The molecule has 2 aliphatic rings. The molecule has 2 atom stereocenters. The molecule has 0 aliphatic carbocycles. The summed E-state index contributed by atoms with van der Waals surface area (Å²) >= 11 is 0. The Hall–Kier alpha value is -3.54. The Balaban J connectivity index is 1.69. The number of rotatable bonds is 10. The van der Waals surface area contributed by atoms with E-state index in [1.807, 2.05) is 26.1 Å². The van der Waals surface area contributed by atoms with Gasteiger partial charge in [0, 0.05) is 25.2 Å². The second-order valence-electron chi connectivity index (χ2n) is 10.6. The number of carbonyl (C=O) groups is 2. The van der Waals surface area contributed by atoms with Crippen LogP contribution in [-0.2, 0) is 43.7 Å². The lowest BCUT2D eigenvalue weighted by atomic mass is 9.96. The molecular weight excluding hydrogens is 542 g/mol. The van der Waals surface area contributed by atoms with Crippen LogP contribution in [-0.4, -0.2) is 74.8 Å². The highest BCUT2D eigenvalue weighted by Gasteiger charge is 2.38. The number of nitrogens with two attached hydrogens (primary N) is 1. The van der Waals surface area contributed by atoms with Gasteiger partial charge in [0.05, 0.1) is 11.5 Å². The highest BCUT2D eigenvalue weighted by Crippen LogP contribution is 2.25. The average molecular weight is 582 g/mol. The zero-order valence-corrected chi connectivity index (χ0v) is 24.7. The Morgan fingerprint density at radius 3 is 2.66 bits per heavy atom. The van der Waals surface area contributed by atoms with Crippen molar-refractivity contribution in [3.05, 3.63) is 76.4 Å². The van der Waals surface area contributed by atoms with Crippen molar-refractivity contribution in [2.24, 2.45) is 5.73 Å². The van der Waals surface area contributed by atoms with Gasteiger partial charge in [-0.2, -0.15) is 4.72 Å². The van der Waals surface area contributed by atoms with Crippen molar-refractivity contribution in [2.45, 2.75) is 63.1 Å². The minimum atomic E-state index is -4.12. The highest BCUT2D eigenvalue weighted by molar-refractivity contribution is 7.89. The number of nitrogens with one attached hydrogen (secondary N) is 2. The fraction of sp³-hybridized carbons (Fsp3) is 0.433. The largest absolute Gasteiger partial charge is 0.464 e. The molecule has 0 saturated carbocycles. The maximum Gasteiger partial charge on any atom is 0.329 e. The van der Waals surface area contributed by atoms with E-state index in [1.165, 1.54) is 4.90 Å². The second kappa shape index (κ2) is 13.0. The number of carbonyl (C=O) groups excluding carboxylic acids is 2. The Labute approximate surface area is 242 Å². The van der Waals surface area contributed by atoms with E-state index in [4.69, 9.17) is 15.9 Å². The van der Waals surface area contributed by atoms with Crippen molar-refractivity contribution in [1.82, 2.24) is 14.5 Å². The Bertz CT molecular complexity index is 1450. The first-order valence-corrected chi connectivity index (χ1v) is 15.4. The third-order valence-corrected chi connectivity index (χ3v) is 9.14. The van der Waals surface area contributed by atoms with E-state index < -0.39 is 34.0 Å². The SMILES string of the molecule is CCOC(=O)[C@H]1CC(CC)=CCN1C(=O)[C@H](Cc1cccc(C(=N)N)c1)NS(=O)(=O)c1ccc2c(c1)CN(C)CC2. The van der Waals surface area contributed by atoms with E-state index in [2.05, 4.69) is 9.62 Å².